The van der Waals surface area contributed by atoms with Gasteiger partial charge < -0.3 is 9.47 Å². The standard InChI is InChI=1S/C25H22O5/c1-29-20-16-10-9-15-19(20)21(25(28)30-2)22(23(26)17-11-5-3-6-12-17)24(27)18-13-7-4-8-14-18/h3-16,21-22H,1-2H3. The molecule has 0 amide bonds. The summed E-state index contributed by atoms with van der Waals surface area (Å²) >= 11 is 0. The molecular formula is C25H22O5. The lowest BCUT2D eigenvalue weighted by molar-refractivity contribution is -0.143. The molecule has 152 valence electrons. The van der Waals surface area contributed by atoms with Crippen LogP contribution in [0.15, 0.2) is 84.9 Å². The minimum Gasteiger partial charge on any atom is -0.496 e. The Balaban J connectivity index is 2.20. The summed E-state index contributed by atoms with van der Waals surface area (Å²) in [4.78, 5) is 40.0. The Labute approximate surface area is 175 Å². The number of ether oxygens (including phenoxy) is 2. The normalized spacial score (nSPS) is 11.6. The summed E-state index contributed by atoms with van der Waals surface area (Å²) in [6.07, 6.45) is 0. The number of benzene rings is 3. The van der Waals surface area contributed by atoms with E-state index in [1.54, 1.807) is 84.9 Å². The monoisotopic (exact) mass is 402 g/mol. The summed E-state index contributed by atoms with van der Waals surface area (Å²) in [6.45, 7) is 0. The van der Waals surface area contributed by atoms with Crippen molar-refractivity contribution in [1.82, 2.24) is 0 Å². The number of hydrogen-bond acceptors (Lipinski definition) is 5. The Morgan fingerprint density at radius 2 is 1.13 bits per heavy atom. The Morgan fingerprint density at radius 3 is 1.60 bits per heavy atom. The van der Waals surface area contributed by atoms with Gasteiger partial charge in [0, 0.05) is 16.7 Å². The van der Waals surface area contributed by atoms with E-state index in [4.69, 9.17) is 9.47 Å². The van der Waals surface area contributed by atoms with E-state index >= 15 is 0 Å². The molecule has 5 heteroatoms. The molecule has 0 saturated heterocycles. The van der Waals surface area contributed by atoms with Crippen LogP contribution in [0.2, 0.25) is 0 Å². The molecule has 30 heavy (non-hydrogen) atoms. The molecule has 1 atom stereocenters. The average Bonchev–Trinajstić information content (AvgIpc) is 2.82. The van der Waals surface area contributed by atoms with Gasteiger partial charge in [0.1, 0.15) is 17.6 Å². The largest absolute Gasteiger partial charge is 0.496 e. The maximum Gasteiger partial charge on any atom is 0.314 e. The van der Waals surface area contributed by atoms with Gasteiger partial charge in [-0.25, -0.2) is 0 Å². The highest BCUT2D eigenvalue weighted by molar-refractivity contribution is 6.18. The van der Waals surface area contributed by atoms with E-state index in [9.17, 15) is 14.4 Å². The minimum absolute atomic E-state index is 0.343. The molecule has 0 aliphatic rings. The van der Waals surface area contributed by atoms with Crippen molar-refractivity contribution >= 4 is 17.5 Å². The zero-order chi connectivity index (χ0) is 21.5. The van der Waals surface area contributed by atoms with Crippen LogP contribution in [0.4, 0.5) is 0 Å². The Morgan fingerprint density at radius 1 is 0.667 bits per heavy atom. The predicted molar refractivity (Wildman–Crippen MR) is 113 cm³/mol. The van der Waals surface area contributed by atoms with Crippen molar-refractivity contribution in [2.75, 3.05) is 14.2 Å². The summed E-state index contributed by atoms with van der Waals surface area (Å²) < 4.78 is 10.4. The van der Waals surface area contributed by atoms with Crippen molar-refractivity contribution in [1.29, 1.82) is 0 Å². The second-order valence-corrected chi connectivity index (χ2v) is 6.68. The number of carbonyl (C=O) groups is 3. The molecule has 3 aromatic carbocycles. The van der Waals surface area contributed by atoms with E-state index in [0.29, 0.717) is 22.4 Å². The third-order valence-corrected chi connectivity index (χ3v) is 4.94. The molecule has 0 aliphatic carbocycles. The third kappa shape index (κ3) is 4.30. The molecule has 0 bridgehead atoms. The number of para-hydroxylation sites is 1. The van der Waals surface area contributed by atoms with E-state index in [-0.39, 0.29) is 0 Å². The van der Waals surface area contributed by atoms with Gasteiger partial charge in [0.15, 0.2) is 11.6 Å². The van der Waals surface area contributed by atoms with Crippen LogP contribution >= 0.6 is 0 Å². The highest BCUT2D eigenvalue weighted by Gasteiger charge is 2.42. The first-order chi connectivity index (χ1) is 14.6. The number of Topliss-reactive ketones (excluding diaryl/α,β-unsaturated/α-hetero) is 2. The number of methoxy groups -OCH3 is 2. The van der Waals surface area contributed by atoms with Crippen LogP contribution in [0.5, 0.6) is 5.75 Å². The summed E-state index contributed by atoms with van der Waals surface area (Å²) in [7, 11) is 2.71. The number of hydrogen-bond donors (Lipinski definition) is 0. The first-order valence-electron chi connectivity index (χ1n) is 9.47. The van der Waals surface area contributed by atoms with E-state index < -0.39 is 29.4 Å². The first-order valence-corrected chi connectivity index (χ1v) is 9.47. The fourth-order valence-corrected chi connectivity index (χ4v) is 3.48. The highest BCUT2D eigenvalue weighted by Crippen LogP contribution is 2.36. The van der Waals surface area contributed by atoms with Gasteiger partial charge in [-0.15, -0.1) is 0 Å². The zero-order valence-electron chi connectivity index (χ0n) is 16.8. The van der Waals surface area contributed by atoms with Crippen molar-refractivity contribution in [3.8, 4) is 5.75 Å². The Kier molecular flexibility index (Phi) is 6.75. The van der Waals surface area contributed by atoms with Crippen LogP contribution in [0.1, 0.15) is 32.2 Å². The van der Waals surface area contributed by atoms with Crippen molar-refractivity contribution in [3.05, 3.63) is 102 Å². The number of carbonyl (C=O) groups excluding carboxylic acids is 3. The molecule has 0 radical (unpaired) electrons. The van der Waals surface area contributed by atoms with Gasteiger partial charge in [-0.1, -0.05) is 78.9 Å². The van der Waals surface area contributed by atoms with Crippen molar-refractivity contribution in [2.24, 2.45) is 5.92 Å². The number of esters is 1. The maximum atomic E-state index is 13.5. The van der Waals surface area contributed by atoms with Gasteiger partial charge in [-0.2, -0.15) is 0 Å². The SMILES string of the molecule is COC(=O)C(c1ccccc1OC)C(C(=O)c1ccccc1)C(=O)c1ccccc1. The minimum atomic E-state index is -1.31. The van der Waals surface area contributed by atoms with Crippen molar-refractivity contribution < 1.29 is 23.9 Å². The van der Waals surface area contributed by atoms with Crippen LogP contribution in [-0.2, 0) is 9.53 Å². The molecule has 0 fully saturated rings. The lowest BCUT2D eigenvalue weighted by Gasteiger charge is -2.25. The maximum absolute atomic E-state index is 13.5. The third-order valence-electron chi connectivity index (χ3n) is 4.94. The molecule has 0 heterocycles. The lowest BCUT2D eigenvalue weighted by Crippen LogP contribution is -2.35. The molecular weight excluding hydrogens is 380 g/mol. The molecule has 5 nitrogen and oxygen atoms in total. The number of ketones is 2. The van der Waals surface area contributed by atoms with E-state index in [1.807, 2.05) is 0 Å². The van der Waals surface area contributed by atoms with Crippen LogP contribution < -0.4 is 4.74 Å². The zero-order valence-corrected chi connectivity index (χ0v) is 16.8. The molecule has 0 spiro atoms. The van der Waals surface area contributed by atoms with Gasteiger partial charge in [-0.3, -0.25) is 14.4 Å². The van der Waals surface area contributed by atoms with Crippen LogP contribution in [-0.4, -0.2) is 31.8 Å². The molecule has 0 aliphatic heterocycles. The lowest BCUT2D eigenvalue weighted by atomic mass is 9.76. The van der Waals surface area contributed by atoms with Gasteiger partial charge in [0.05, 0.1) is 14.2 Å². The summed E-state index contributed by atoms with van der Waals surface area (Å²) in [5.74, 6) is -3.65. The quantitative estimate of drug-likeness (QED) is 0.319. The first kappa shape index (κ1) is 21.0. The Bertz CT molecular complexity index is 976. The summed E-state index contributed by atoms with van der Waals surface area (Å²) in [6, 6.07) is 23.8. The summed E-state index contributed by atoms with van der Waals surface area (Å²) in [5.41, 5.74) is 1.11. The van der Waals surface area contributed by atoms with Crippen molar-refractivity contribution in [2.45, 2.75) is 5.92 Å². The van der Waals surface area contributed by atoms with Gasteiger partial charge >= 0.3 is 5.97 Å². The van der Waals surface area contributed by atoms with E-state index in [0.717, 1.165) is 0 Å². The Hall–Kier alpha value is -3.73. The van der Waals surface area contributed by atoms with Crippen LogP contribution in [0.3, 0.4) is 0 Å². The molecule has 0 aromatic heterocycles. The fraction of sp³-hybridized carbons (Fsp3) is 0.160. The second-order valence-electron chi connectivity index (χ2n) is 6.68. The van der Waals surface area contributed by atoms with Gasteiger partial charge in [-0.05, 0) is 6.07 Å². The topological polar surface area (TPSA) is 69.7 Å². The van der Waals surface area contributed by atoms with E-state index in [2.05, 4.69) is 0 Å². The second kappa shape index (κ2) is 9.65. The molecule has 0 N–H and O–H groups in total. The van der Waals surface area contributed by atoms with E-state index in [1.165, 1.54) is 14.2 Å². The summed E-state index contributed by atoms with van der Waals surface area (Å²) in [5, 5.41) is 0. The molecule has 1 unspecified atom stereocenters. The van der Waals surface area contributed by atoms with Gasteiger partial charge in [0.2, 0.25) is 0 Å². The fourth-order valence-electron chi connectivity index (χ4n) is 3.48. The number of rotatable bonds is 8. The predicted octanol–water partition coefficient (Wildman–Crippen LogP) is 4.33. The van der Waals surface area contributed by atoms with Gasteiger partial charge in [0.25, 0.3) is 0 Å². The van der Waals surface area contributed by atoms with Crippen molar-refractivity contribution in [3.63, 3.8) is 0 Å². The average molecular weight is 402 g/mol. The molecule has 3 aromatic rings. The van der Waals surface area contributed by atoms with Crippen LogP contribution in [0.25, 0.3) is 0 Å². The molecule has 3 rings (SSSR count). The smallest absolute Gasteiger partial charge is 0.314 e. The highest BCUT2D eigenvalue weighted by atomic mass is 16.5. The van der Waals surface area contributed by atoms with Crippen LogP contribution in [0, 0.1) is 5.92 Å². The molecule has 0 saturated carbocycles.